The van der Waals surface area contributed by atoms with Gasteiger partial charge in [-0.05, 0) is 24.3 Å². The predicted octanol–water partition coefficient (Wildman–Crippen LogP) is 6.95. The molecular weight excluding hydrogens is 587 g/mol. The van der Waals surface area contributed by atoms with Crippen LogP contribution in [0.2, 0.25) is 0 Å². The molecule has 0 bridgehead atoms. The third-order valence-electron chi connectivity index (χ3n) is 6.25. The Kier molecular flexibility index (Phi) is 9.08. The highest BCUT2D eigenvalue weighted by molar-refractivity contribution is 7.23. The first-order chi connectivity index (χ1) is 20.9. The third-order valence-corrected chi connectivity index (χ3v) is 8.23. The summed E-state index contributed by atoms with van der Waals surface area (Å²) in [6.45, 7) is 0. The number of nitrogens with two attached hydrogens (primary N) is 1. The van der Waals surface area contributed by atoms with Gasteiger partial charge >= 0.3 is 0 Å². The molecule has 0 aliphatic heterocycles. The summed E-state index contributed by atoms with van der Waals surface area (Å²) in [7, 11) is 6.27. The molecule has 0 aliphatic carbocycles. The van der Waals surface area contributed by atoms with Crippen molar-refractivity contribution in [1.29, 1.82) is 0 Å². The number of ether oxygens (including phenoxy) is 4. The molecule has 5 aromatic rings. The van der Waals surface area contributed by atoms with Crippen LogP contribution in [0.25, 0.3) is 27.2 Å². The molecule has 220 valence electrons. The highest BCUT2D eigenvalue weighted by atomic mass is 32.1. The molecule has 43 heavy (non-hydrogen) atoms. The van der Waals surface area contributed by atoms with Gasteiger partial charge in [-0.3, -0.25) is 4.79 Å². The van der Waals surface area contributed by atoms with Crippen LogP contribution < -0.4 is 35.3 Å². The number of methoxy groups -OCH3 is 4. The highest BCUT2D eigenvalue weighted by Crippen LogP contribution is 2.43. The Labute approximate surface area is 256 Å². The van der Waals surface area contributed by atoms with Gasteiger partial charge in [0.1, 0.15) is 21.5 Å². The van der Waals surface area contributed by atoms with E-state index in [0.717, 1.165) is 26.7 Å². The van der Waals surface area contributed by atoms with Crippen LogP contribution in [0.4, 0.5) is 22.3 Å². The first-order valence-corrected chi connectivity index (χ1v) is 14.6. The third kappa shape index (κ3) is 6.71. The van der Waals surface area contributed by atoms with Crippen molar-refractivity contribution >= 4 is 57.0 Å². The van der Waals surface area contributed by atoms with Gasteiger partial charge < -0.3 is 35.3 Å². The zero-order valence-corrected chi connectivity index (χ0v) is 25.5. The van der Waals surface area contributed by atoms with Crippen molar-refractivity contribution in [2.24, 2.45) is 0 Å². The van der Waals surface area contributed by atoms with Gasteiger partial charge in [-0.2, -0.15) is 0 Å². The van der Waals surface area contributed by atoms with Crippen LogP contribution in [0.5, 0.6) is 23.0 Å². The molecule has 5 rings (SSSR count). The average Bonchev–Trinajstić information content (AvgIpc) is 3.66. The molecule has 2 heterocycles. The van der Waals surface area contributed by atoms with E-state index in [-0.39, 0.29) is 5.91 Å². The van der Waals surface area contributed by atoms with Gasteiger partial charge in [0.15, 0.2) is 16.6 Å². The van der Waals surface area contributed by atoms with E-state index in [0.29, 0.717) is 45.3 Å². The lowest BCUT2D eigenvalue weighted by Gasteiger charge is -2.14. The molecule has 4 N–H and O–H groups in total. The maximum absolute atomic E-state index is 12.6. The number of anilines is 4. The minimum atomic E-state index is -0.258. The maximum Gasteiger partial charge on any atom is 0.248 e. The smallest absolute Gasteiger partial charge is 0.248 e. The fraction of sp³-hybridized carbons (Fsp3) is 0.129. The Balaban J connectivity index is 1.30. The second kappa shape index (κ2) is 13.3. The van der Waals surface area contributed by atoms with Crippen LogP contribution in [0.1, 0.15) is 5.56 Å². The van der Waals surface area contributed by atoms with Crippen molar-refractivity contribution in [3.05, 3.63) is 77.7 Å². The maximum atomic E-state index is 12.6. The molecule has 0 saturated carbocycles. The molecular formula is C31H29N5O5S2. The second-order valence-electron chi connectivity index (χ2n) is 8.96. The number of benzene rings is 3. The summed E-state index contributed by atoms with van der Waals surface area (Å²) in [4.78, 5) is 22.6. The van der Waals surface area contributed by atoms with Gasteiger partial charge in [0.05, 0.1) is 34.1 Å². The summed E-state index contributed by atoms with van der Waals surface area (Å²) in [6.07, 6.45) is 3.19. The number of hydrogen-bond acceptors (Lipinski definition) is 11. The standard InChI is InChI=1S/C31H29N5O5S2/c1-38-23-11-6-5-8-18(23)12-13-26(37)33-20-10-7-9-19(14-20)22-17-42-30(35-22)28-29(32)36-31(43-28)34-21-15-24(39-2)27(41-4)25(16-21)40-3/h5-17H,32H2,1-4H3,(H,33,37)(H,34,36)/b13-12-. The number of nitrogen functional groups attached to an aromatic ring is 1. The molecule has 1 amide bonds. The lowest BCUT2D eigenvalue weighted by molar-refractivity contribution is -0.111. The van der Waals surface area contributed by atoms with Crippen molar-refractivity contribution < 1.29 is 23.7 Å². The van der Waals surface area contributed by atoms with E-state index in [4.69, 9.17) is 29.7 Å². The van der Waals surface area contributed by atoms with Gasteiger partial charge in [0.25, 0.3) is 0 Å². The number of thiazole rings is 2. The lowest BCUT2D eigenvalue weighted by Crippen LogP contribution is -2.07. The Morgan fingerprint density at radius 2 is 1.60 bits per heavy atom. The largest absolute Gasteiger partial charge is 0.496 e. The highest BCUT2D eigenvalue weighted by Gasteiger charge is 2.18. The summed E-state index contributed by atoms with van der Waals surface area (Å²) in [5.41, 5.74) is 10.1. The van der Waals surface area contributed by atoms with Crippen LogP contribution in [0, 0.1) is 0 Å². The molecule has 0 radical (unpaired) electrons. The van der Waals surface area contributed by atoms with Gasteiger partial charge in [-0.1, -0.05) is 41.7 Å². The van der Waals surface area contributed by atoms with Gasteiger partial charge in [-0.25, -0.2) is 9.97 Å². The number of hydrogen-bond donors (Lipinski definition) is 3. The lowest BCUT2D eigenvalue weighted by atomic mass is 10.1. The van der Waals surface area contributed by atoms with E-state index in [1.807, 2.05) is 53.9 Å². The molecule has 0 spiro atoms. The second-order valence-corrected chi connectivity index (χ2v) is 10.8. The Morgan fingerprint density at radius 3 is 2.33 bits per heavy atom. The van der Waals surface area contributed by atoms with E-state index in [9.17, 15) is 4.79 Å². The number of carbonyl (C=O) groups is 1. The monoisotopic (exact) mass is 615 g/mol. The zero-order valence-electron chi connectivity index (χ0n) is 23.8. The average molecular weight is 616 g/mol. The molecule has 12 heteroatoms. The molecule has 3 aromatic carbocycles. The van der Waals surface area contributed by atoms with Gasteiger partial charge in [0, 0.05) is 46.1 Å². The SMILES string of the molecule is COc1ccccc1/C=C\C(=O)Nc1cccc(-c2csc(-c3sc(Nc4cc(OC)c(OC)c(OC)c4)nc3N)n2)c1. The quantitative estimate of drug-likeness (QED) is 0.135. The number of nitrogens with zero attached hydrogens (tertiary/aromatic N) is 2. The topological polar surface area (TPSA) is 130 Å². The fourth-order valence-corrected chi connectivity index (χ4v) is 6.07. The van der Waals surface area contributed by atoms with Crippen LogP contribution in [-0.4, -0.2) is 44.3 Å². The Morgan fingerprint density at radius 1 is 0.860 bits per heavy atom. The minimum absolute atomic E-state index is 0.258. The Bertz CT molecular complexity index is 1760. The van der Waals surface area contributed by atoms with Crippen molar-refractivity contribution in [3.63, 3.8) is 0 Å². The summed E-state index contributed by atoms with van der Waals surface area (Å²) < 4.78 is 21.6. The summed E-state index contributed by atoms with van der Waals surface area (Å²) >= 11 is 2.85. The van der Waals surface area contributed by atoms with Crippen LogP contribution in [-0.2, 0) is 4.79 Å². The number of para-hydroxylation sites is 1. The predicted molar refractivity (Wildman–Crippen MR) is 173 cm³/mol. The summed E-state index contributed by atoms with van der Waals surface area (Å²) in [5.74, 6) is 2.33. The van der Waals surface area contributed by atoms with Crippen molar-refractivity contribution in [2.45, 2.75) is 0 Å². The number of carbonyl (C=O) groups excluding carboxylic acids is 1. The zero-order chi connectivity index (χ0) is 30.3. The van der Waals surface area contributed by atoms with E-state index < -0.39 is 0 Å². The molecule has 0 fully saturated rings. The minimum Gasteiger partial charge on any atom is -0.496 e. The molecule has 0 aliphatic rings. The van der Waals surface area contributed by atoms with Gasteiger partial charge in [-0.15, -0.1) is 11.3 Å². The van der Waals surface area contributed by atoms with Crippen molar-refractivity contribution in [1.82, 2.24) is 9.97 Å². The Hall–Kier alpha value is -5.07. The first kappa shape index (κ1) is 29.4. The van der Waals surface area contributed by atoms with E-state index in [2.05, 4.69) is 15.6 Å². The number of nitrogens with one attached hydrogen (secondary N) is 2. The number of rotatable bonds is 11. The number of aromatic nitrogens is 2. The van der Waals surface area contributed by atoms with E-state index >= 15 is 0 Å². The van der Waals surface area contributed by atoms with Crippen molar-refractivity contribution in [3.8, 4) is 44.1 Å². The molecule has 0 atom stereocenters. The van der Waals surface area contributed by atoms with Crippen LogP contribution >= 0.6 is 22.7 Å². The molecule has 2 aromatic heterocycles. The van der Waals surface area contributed by atoms with Crippen molar-refractivity contribution in [2.75, 3.05) is 44.8 Å². The molecule has 0 saturated heterocycles. The first-order valence-electron chi connectivity index (χ1n) is 12.9. The van der Waals surface area contributed by atoms with Crippen LogP contribution in [0.15, 0.2) is 72.1 Å². The van der Waals surface area contributed by atoms with Crippen LogP contribution in [0.3, 0.4) is 0 Å². The van der Waals surface area contributed by atoms with Gasteiger partial charge in [0.2, 0.25) is 11.7 Å². The fourth-order valence-electron chi connectivity index (χ4n) is 4.24. The van der Waals surface area contributed by atoms with E-state index in [1.165, 1.54) is 28.7 Å². The molecule has 10 nitrogen and oxygen atoms in total. The molecule has 0 unspecified atom stereocenters. The number of amides is 1. The summed E-state index contributed by atoms with van der Waals surface area (Å²) in [6, 6.07) is 18.6. The summed E-state index contributed by atoms with van der Waals surface area (Å²) in [5, 5.41) is 9.44. The normalized spacial score (nSPS) is 10.9. The van der Waals surface area contributed by atoms with E-state index in [1.54, 1.807) is 46.6 Å².